The first-order valence-electron chi connectivity index (χ1n) is 4.24. The molecule has 0 bridgehead atoms. The summed E-state index contributed by atoms with van der Waals surface area (Å²) >= 11 is 0. The molecule has 0 radical (unpaired) electrons. The van der Waals surface area contributed by atoms with Crippen molar-refractivity contribution in [1.82, 2.24) is 5.32 Å². The van der Waals surface area contributed by atoms with Crippen LogP contribution in [0.2, 0.25) is 0 Å². The lowest BCUT2D eigenvalue weighted by Gasteiger charge is -2.26. The molecule has 98 valence electrons. The summed E-state index contributed by atoms with van der Waals surface area (Å²) < 4.78 is 72.7. The maximum atomic E-state index is 12.1. The number of amides is 1. The first-order valence-corrected chi connectivity index (χ1v) is 4.24. The molecule has 0 saturated heterocycles. The molecule has 0 spiro atoms. The molecule has 0 unspecified atom stereocenters. The molecule has 17 heavy (non-hydrogen) atoms. The van der Waals surface area contributed by atoms with Crippen LogP contribution < -0.4 is 5.32 Å². The number of halogens is 6. The zero-order valence-corrected chi connectivity index (χ0v) is 8.83. The topological polar surface area (TPSA) is 29.1 Å². The Balaban J connectivity index is 5.14. The van der Waals surface area contributed by atoms with Crippen molar-refractivity contribution in [3.05, 3.63) is 0 Å². The molecule has 0 aromatic rings. The SMILES string of the molecule is C#CC(C)(C)NC(=O)C(C(F)(F)F)C(F)(F)F. The third-order valence-electron chi connectivity index (χ3n) is 1.71. The number of hydrogen-bond acceptors (Lipinski definition) is 1. The van der Waals surface area contributed by atoms with E-state index >= 15 is 0 Å². The predicted octanol–water partition coefficient (Wildman–Crippen LogP) is 2.26. The van der Waals surface area contributed by atoms with E-state index in [2.05, 4.69) is 0 Å². The molecule has 0 saturated carbocycles. The number of terminal acetylenes is 1. The van der Waals surface area contributed by atoms with Gasteiger partial charge in [-0.15, -0.1) is 6.42 Å². The number of hydrogen-bond donors (Lipinski definition) is 1. The fraction of sp³-hybridized carbons (Fsp3) is 0.667. The minimum atomic E-state index is -5.72. The Morgan fingerprint density at radius 3 is 1.71 bits per heavy atom. The molecule has 0 aromatic carbocycles. The van der Waals surface area contributed by atoms with E-state index in [1.807, 2.05) is 5.92 Å². The van der Waals surface area contributed by atoms with Crippen molar-refractivity contribution in [3.8, 4) is 12.3 Å². The zero-order chi connectivity index (χ0) is 14.1. The average molecular weight is 261 g/mol. The largest absolute Gasteiger partial charge is 0.409 e. The van der Waals surface area contributed by atoms with Gasteiger partial charge in [-0.3, -0.25) is 4.79 Å². The van der Waals surface area contributed by atoms with Crippen LogP contribution in [0.4, 0.5) is 26.3 Å². The Bertz CT molecular complexity index is 321. The van der Waals surface area contributed by atoms with Crippen molar-refractivity contribution < 1.29 is 31.1 Å². The van der Waals surface area contributed by atoms with E-state index in [9.17, 15) is 31.1 Å². The summed E-state index contributed by atoms with van der Waals surface area (Å²) in [6.45, 7) is 2.21. The zero-order valence-electron chi connectivity index (χ0n) is 8.83. The lowest BCUT2D eigenvalue weighted by atomic mass is 10.0. The highest BCUT2D eigenvalue weighted by Gasteiger charge is 2.61. The van der Waals surface area contributed by atoms with Gasteiger partial charge >= 0.3 is 12.4 Å². The smallest absolute Gasteiger partial charge is 0.339 e. The predicted molar refractivity (Wildman–Crippen MR) is 46.7 cm³/mol. The summed E-state index contributed by atoms with van der Waals surface area (Å²) in [5.74, 6) is -4.43. The van der Waals surface area contributed by atoms with Crippen LogP contribution in [0.1, 0.15) is 13.8 Å². The lowest BCUT2D eigenvalue weighted by molar-refractivity contribution is -0.274. The van der Waals surface area contributed by atoms with Crippen LogP contribution in [0.15, 0.2) is 0 Å². The summed E-state index contributed by atoms with van der Waals surface area (Å²) in [5.41, 5.74) is -1.59. The number of nitrogens with one attached hydrogen (secondary N) is 1. The van der Waals surface area contributed by atoms with Crippen molar-refractivity contribution in [2.45, 2.75) is 31.7 Å². The van der Waals surface area contributed by atoms with Gasteiger partial charge in [0.25, 0.3) is 0 Å². The number of carbonyl (C=O) groups is 1. The quantitative estimate of drug-likeness (QED) is 0.599. The summed E-state index contributed by atoms with van der Waals surface area (Å²) in [4.78, 5) is 11.0. The van der Waals surface area contributed by atoms with Gasteiger partial charge in [-0.05, 0) is 13.8 Å². The van der Waals surface area contributed by atoms with Crippen LogP contribution in [0.3, 0.4) is 0 Å². The van der Waals surface area contributed by atoms with E-state index < -0.39 is 29.7 Å². The molecule has 0 aliphatic rings. The van der Waals surface area contributed by atoms with E-state index in [1.54, 1.807) is 0 Å². The first-order chi connectivity index (χ1) is 7.31. The van der Waals surface area contributed by atoms with Gasteiger partial charge in [0, 0.05) is 0 Å². The highest BCUT2D eigenvalue weighted by atomic mass is 19.4. The Hall–Kier alpha value is -1.39. The summed E-state index contributed by atoms with van der Waals surface area (Å²) in [5, 5.41) is 1.50. The lowest BCUT2D eigenvalue weighted by Crippen LogP contribution is -2.53. The summed E-state index contributed by atoms with van der Waals surface area (Å²) in [7, 11) is 0. The number of carbonyl (C=O) groups excluding carboxylic acids is 1. The second kappa shape index (κ2) is 4.47. The number of rotatable bonds is 2. The van der Waals surface area contributed by atoms with Gasteiger partial charge in [0.05, 0.1) is 5.54 Å². The third-order valence-corrected chi connectivity index (χ3v) is 1.71. The minimum Gasteiger partial charge on any atom is -0.339 e. The maximum Gasteiger partial charge on any atom is 0.409 e. The van der Waals surface area contributed by atoms with E-state index in [0.29, 0.717) is 0 Å². The van der Waals surface area contributed by atoms with Gasteiger partial charge in [0.15, 0.2) is 0 Å². The molecular formula is C9H9F6NO. The van der Waals surface area contributed by atoms with Crippen LogP contribution in [0.5, 0.6) is 0 Å². The first kappa shape index (κ1) is 15.6. The third kappa shape index (κ3) is 4.54. The normalized spacial score (nSPS) is 13.4. The summed E-state index contributed by atoms with van der Waals surface area (Å²) in [6, 6.07) is 0. The number of alkyl halides is 6. The Kier molecular flexibility index (Phi) is 4.10. The Labute approximate surface area is 93.4 Å². The molecule has 0 aliphatic heterocycles. The van der Waals surface area contributed by atoms with Gasteiger partial charge in [-0.2, -0.15) is 26.3 Å². The molecule has 0 rings (SSSR count). The van der Waals surface area contributed by atoms with Crippen molar-refractivity contribution in [1.29, 1.82) is 0 Å². The average Bonchev–Trinajstić information content (AvgIpc) is 1.96. The molecule has 1 N–H and O–H groups in total. The van der Waals surface area contributed by atoms with Gasteiger partial charge in [-0.1, -0.05) is 5.92 Å². The van der Waals surface area contributed by atoms with Crippen LogP contribution in [0, 0.1) is 18.3 Å². The molecule has 2 nitrogen and oxygen atoms in total. The Morgan fingerprint density at radius 2 is 1.47 bits per heavy atom. The van der Waals surface area contributed by atoms with Crippen LogP contribution in [-0.2, 0) is 4.79 Å². The highest BCUT2D eigenvalue weighted by Crippen LogP contribution is 2.39. The summed E-state index contributed by atoms with van der Waals surface area (Å²) in [6.07, 6.45) is -6.58. The molecule has 0 heterocycles. The second-order valence-corrected chi connectivity index (χ2v) is 3.77. The second-order valence-electron chi connectivity index (χ2n) is 3.77. The molecular weight excluding hydrogens is 252 g/mol. The van der Waals surface area contributed by atoms with Gasteiger partial charge in [-0.25, -0.2) is 0 Å². The Morgan fingerprint density at radius 1 is 1.12 bits per heavy atom. The van der Waals surface area contributed by atoms with Crippen molar-refractivity contribution >= 4 is 5.91 Å². The fourth-order valence-electron chi connectivity index (χ4n) is 0.899. The van der Waals surface area contributed by atoms with Crippen molar-refractivity contribution in [3.63, 3.8) is 0 Å². The minimum absolute atomic E-state index is 1.11. The van der Waals surface area contributed by atoms with Gasteiger partial charge in [0.2, 0.25) is 11.8 Å². The van der Waals surface area contributed by atoms with E-state index in [4.69, 9.17) is 6.42 Å². The van der Waals surface area contributed by atoms with Crippen molar-refractivity contribution in [2.24, 2.45) is 5.92 Å². The molecule has 0 aromatic heterocycles. The van der Waals surface area contributed by atoms with Crippen molar-refractivity contribution in [2.75, 3.05) is 0 Å². The highest BCUT2D eigenvalue weighted by molar-refractivity contribution is 5.81. The molecule has 1 amide bonds. The molecule has 0 aliphatic carbocycles. The molecule has 8 heteroatoms. The maximum absolute atomic E-state index is 12.1. The van der Waals surface area contributed by atoms with Crippen LogP contribution in [0.25, 0.3) is 0 Å². The van der Waals surface area contributed by atoms with Crippen LogP contribution >= 0.6 is 0 Å². The van der Waals surface area contributed by atoms with E-state index in [1.165, 1.54) is 5.32 Å². The van der Waals surface area contributed by atoms with Gasteiger partial charge < -0.3 is 5.32 Å². The molecule has 0 atom stereocenters. The fourth-order valence-corrected chi connectivity index (χ4v) is 0.899. The monoisotopic (exact) mass is 261 g/mol. The molecule has 0 fully saturated rings. The van der Waals surface area contributed by atoms with E-state index in [-0.39, 0.29) is 0 Å². The van der Waals surface area contributed by atoms with E-state index in [0.717, 1.165) is 13.8 Å². The van der Waals surface area contributed by atoms with Crippen LogP contribution in [-0.4, -0.2) is 23.8 Å². The standard InChI is InChI=1S/C9H9F6NO/c1-4-7(2,3)16-6(17)5(8(10,11)12)9(13,14)15/h1,5H,2-3H3,(H,16,17). The van der Waals surface area contributed by atoms with Gasteiger partial charge in [0.1, 0.15) is 0 Å².